The van der Waals surface area contributed by atoms with Crippen LogP contribution in [0.3, 0.4) is 0 Å². The van der Waals surface area contributed by atoms with Crippen LogP contribution in [0.4, 0.5) is 0 Å². The van der Waals surface area contributed by atoms with Crippen LogP contribution in [0.1, 0.15) is 25.3 Å². The summed E-state index contributed by atoms with van der Waals surface area (Å²) < 4.78 is 26.4. The Balaban J connectivity index is 1.92. The van der Waals surface area contributed by atoms with E-state index in [1.807, 2.05) is 37.4 Å². The average Bonchev–Trinajstić information content (AvgIpc) is 2.47. The number of sulfonamides is 1. The third-order valence-electron chi connectivity index (χ3n) is 4.31. The van der Waals surface area contributed by atoms with Crippen LogP contribution in [-0.4, -0.2) is 44.2 Å². The molecule has 5 heteroatoms. The van der Waals surface area contributed by atoms with Gasteiger partial charge in [0.15, 0.2) is 0 Å². The first kappa shape index (κ1) is 15.5. The predicted octanol–water partition coefficient (Wildman–Crippen LogP) is 1.63. The molecule has 1 aliphatic heterocycles. The van der Waals surface area contributed by atoms with Gasteiger partial charge in [-0.1, -0.05) is 30.3 Å². The summed E-state index contributed by atoms with van der Waals surface area (Å²) >= 11 is 0. The van der Waals surface area contributed by atoms with Crippen LogP contribution in [0.25, 0.3) is 0 Å². The van der Waals surface area contributed by atoms with Crippen molar-refractivity contribution in [2.24, 2.45) is 0 Å². The fourth-order valence-electron chi connectivity index (χ4n) is 2.53. The lowest BCUT2D eigenvalue weighted by molar-refractivity contribution is 0.219. The number of hydrogen-bond acceptors (Lipinski definition) is 3. The molecule has 4 nitrogen and oxygen atoms in total. The second kappa shape index (κ2) is 6.24. The zero-order valence-electron chi connectivity index (χ0n) is 12.3. The Hall–Kier alpha value is -0.910. The number of aryl methyl sites for hydroxylation is 1. The summed E-state index contributed by atoms with van der Waals surface area (Å²) in [4.78, 5) is 0. The number of nitrogens with one attached hydrogen (secondary N) is 1. The highest BCUT2D eigenvalue weighted by molar-refractivity contribution is 7.89. The highest BCUT2D eigenvalue weighted by Crippen LogP contribution is 2.23. The first-order valence-corrected chi connectivity index (χ1v) is 8.77. The van der Waals surface area contributed by atoms with Gasteiger partial charge in [0.1, 0.15) is 0 Å². The Bertz CT molecular complexity index is 520. The predicted molar refractivity (Wildman–Crippen MR) is 82.2 cm³/mol. The number of piperidine rings is 1. The zero-order valence-corrected chi connectivity index (χ0v) is 13.1. The molecule has 1 fully saturated rings. The van der Waals surface area contributed by atoms with Crippen molar-refractivity contribution in [2.75, 3.05) is 25.9 Å². The third kappa shape index (κ3) is 3.81. The van der Waals surface area contributed by atoms with E-state index < -0.39 is 10.0 Å². The van der Waals surface area contributed by atoms with Gasteiger partial charge >= 0.3 is 0 Å². The van der Waals surface area contributed by atoms with E-state index in [2.05, 4.69) is 12.2 Å². The van der Waals surface area contributed by atoms with Crippen molar-refractivity contribution in [3.63, 3.8) is 0 Å². The molecule has 1 saturated heterocycles. The first-order valence-electron chi connectivity index (χ1n) is 7.16. The molecule has 1 N–H and O–H groups in total. The van der Waals surface area contributed by atoms with E-state index in [1.165, 1.54) is 0 Å². The van der Waals surface area contributed by atoms with Gasteiger partial charge in [-0.15, -0.1) is 0 Å². The van der Waals surface area contributed by atoms with Crippen molar-refractivity contribution in [2.45, 2.75) is 31.7 Å². The molecule has 0 unspecified atom stereocenters. The normalized spacial score (nSPS) is 19.9. The van der Waals surface area contributed by atoms with Crippen molar-refractivity contribution in [1.82, 2.24) is 9.62 Å². The molecule has 0 atom stereocenters. The molecule has 1 aromatic carbocycles. The van der Waals surface area contributed by atoms with Gasteiger partial charge in [-0.05, 0) is 38.8 Å². The van der Waals surface area contributed by atoms with Crippen molar-refractivity contribution in [3.05, 3.63) is 35.9 Å². The molecule has 20 heavy (non-hydrogen) atoms. The SMILES string of the molecule is CNC1(C)CCN(S(=O)(=O)CCc2ccccc2)CC1. The Morgan fingerprint density at radius 3 is 2.35 bits per heavy atom. The maximum Gasteiger partial charge on any atom is 0.214 e. The lowest BCUT2D eigenvalue weighted by Crippen LogP contribution is -2.51. The summed E-state index contributed by atoms with van der Waals surface area (Å²) in [7, 11) is -1.19. The second-order valence-corrected chi connectivity index (χ2v) is 7.85. The quantitative estimate of drug-likeness (QED) is 0.898. The molecule has 0 bridgehead atoms. The fraction of sp³-hybridized carbons (Fsp3) is 0.600. The summed E-state index contributed by atoms with van der Waals surface area (Å²) in [5, 5.41) is 3.29. The lowest BCUT2D eigenvalue weighted by atomic mass is 9.91. The zero-order chi connectivity index (χ0) is 14.6. The van der Waals surface area contributed by atoms with Crippen LogP contribution >= 0.6 is 0 Å². The van der Waals surface area contributed by atoms with Crippen molar-refractivity contribution < 1.29 is 8.42 Å². The Kier molecular flexibility index (Phi) is 4.83. The van der Waals surface area contributed by atoms with Gasteiger partial charge in [0, 0.05) is 18.6 Å². The van der Waals surface area contributed by atoms with Crippen LogP contribution in [0.15, 0.2) is 30.3 Å². The van der Waals surface area contributed by atoms with Crippen molar-refractivity contribution in [1.29, 1.82) is 0 Å². The molecule has 2 rings (SSSR count). The van der Waals surface area contributed by atoms with Gasteiger partial charge in [0.25, 0.3) is 0 Å². The van der Waals surface area contributed by atoms with Gasteiger partial charge in [-0.25, -0.2) is 12.7 Å². The van der Waals surface area contributed by atoms with Gasteiger partial charge < -0.3 is 5.32 Å². The highest BCUT2D eigenvalue weighted by atomic mass is 32.2. The summed E-state index contributed by atoms with van der Waals surface area (Å²) in [6, 6.07) is 9.79. The summed E-state index contributed by atoms with van der Waals surface area (Å²) in [6.45, 7) is 3.39. The van der Waals surface area contributed by atoms with E-state index in [4.69, 9.17) is 0 Å². The smallest absolute Gasteiger partial charge is 0.214 e. The summed E-state index contributed by atoms with van der Waals surface area (Å²) in [6.07, 6.45) is 2.32. The fourth-order valence-corrected chi connectivity index (χ4v) is 4.02. The van der Waals surface area contributed by atoms with Crippen LogP contribution in [0, 0.1) is 0 Å². The second-order valence-electron chi connectivity index (χ2n) is 5.76. The standard InChI is InChI=1S/C15H24N2O2S/c1-15(16-2)9-11-17(12-10-15)20(18,19)13-8-14-6-4-3-5-7-14/h3-7,16H,8-13H2,1-2H3. The first-order chi connectivity index (χ1) is 9.45. The van der Waals surface area contributed by atoms with Gasteiger partial charge in [-0.2, -0.15) is 0 Å². The van der Waals surface area contributed by atoms with E-state index in [-0.39, 0.29) is 11.3 Å². The topological polar surface area (TPSA) is 49.4 Å². The maximum absolute atomic E-state index is 12.4. The molecule has 0 radical (unpaired) electrons. The summed E-state index contributed by atoms with van der Waals surface area (Å²) in [5.41, 5.74) is 1.15. The van der Waals surface area contributed by atoms with Gasteiger partial charge in [0.2, 0.25) is 10.0 Å². The Morgan fingerprint density at radius 2 is 1.80 bits per heavy atom. The van der Waals surface area contributed by atoms with E-state index in [0.29, 0.717) is 19.5 Å². The van der Waals surface area contributed by atoms with Crippen LogP contribution in [-0.2, 0) is 16.4 Å². The third-order valence-corrected chi connectivity index (χ3v) is 6.19. The molecule has 0 aliphatic carbocycles. The summed E-state index contributed by atoms with van der Waals surface area (Å²) in [5.74, 6) is 0.202. The number of hydrogen-bond donors (Lipinski definition) is 1. The number of nitrogens with zero attached hydrogens (tertiary/aromatic N) is 1. The molecule has 1 heterocycles. The molecule has 0 aromatic heterocycles. The van der Waals surface area contributed by atoms with E-state index >= 15 is 0 Å². The average molecular weight is 296 g/mol. The number of benzene rings is 1. The Morgan fingerprint density at radius 1 is 1.20 bits per heavy atom. The molecular weight excluding hydrogens is 272 g/mol. The van der Waals surface area contributed by atoms with Gasteiger partial charge in [0.05, 0.1) is 5.75 Å². The van der Waals surface area contributed by atoms with Crippen molar-refractivity contribution >= 4 is 10.0 Å². The van der Waals surface area contributed by atoms with Crippen LogP contribution < -0.4 is 5.32 Å². The molecule has 1 aromatic rings. The Labute approximate surface area is 122 Å². The minimum Gasteiger partial charge on any atom is -0.314 e. The van der Waals surface area contributed by atoms with E-state index in [9.17, 15) is 8.42 Å². The minimum atomic E-state index is -3.13. The van der Waals surface area contributed by atoms with E-state index in [0.717, 1.165) is 18.4 Å². The highest BCUT2D eigenvalue weighted by Gasteiger charge is 2.33. The molecular formula is C15H24N2O2S. The largest absolute Gasteiger partial charge is 0.314 e. The lowest BCUT2D eigenvalue weighted by Gasteiger charge is -2.38. The minimum absolute atomic E-state index is 0.0749. The van der Waals surface area contributed by atoms with E-state index in [1.54, 1.807) is 4.31 Å². The van der Waals surface area contributed by atoms with Crippen LogP contribution in [0.2, 0.25) is 0 Å². The molecule has 112 valence electrons. The maximum atomic E-state index is 12.4. The van der Waals surface area contributed by atoms with Gasteiger partial charge in [-0.3, -0.25) is 0 Å². The number of rotatable bonds is 5. The molecule has 0 amide bonds. The molecule has 0 saturated carbocycles. The molecule has 1 aliphatic rings. The van der Waals surface area contributed by atoms with Crippen molar-refractivity contribution in [3.8, 4) is 0 Å². The molecule has 0 spiro atoms. The van der Waals surface area contributed by atoms with Crippen LogP contribution in [0.5, 0.6) is 0 Å². The monoisotopic (exact) mass is 296 g/mol.